The van der Waals surface area contributed by atoms with Gasteiger partial charge >= 0.3 is 0 Å². The molecule has 0 aliphatic heterocycles. The largest absolute Gasteiger partial charge is 0.185 e. The molecule has 0 atom stereocenters. The first-order valence-electron chi connectivity index (χ1n) is 3.30. The highest BCUT2D eigenvalue weighted by Gasteiger charge is 1.91. The molecule has 0 saturated heterocycles. The second-order valence-corrected chi connectivity index (χ2v) is 3.89. The van der Waals surface area contributed by atoms with Gasteiger partial charge in [0.1, 0.15) is 5.40 Å². The number of benzene rings is 1. The van der Waals surface area contributed by atoms with Crippen LogP contribution in [0.5, 0.6) is 0 Å². The molecule has 60 valence electrons. The van der Waals surface area contributed by atoms with Crippen LogP contribution in [0.2, 0.25) is 0 Å². The summed E-state index contributed by atoms with van der Waals surface area (Å²) in [6.07, 6.45) is 1.94. The van der Waals surface area contributed by atoms with E-state index in [1.165, 1.54) is 3.57 Å². The van der Waals surface area contributed by atoms with Crippen LogP contribution in [0.25, 0.3) is 6.08 Å². The van der Waals surface area contributed by atoms with Crippen molar-refractivity contribution in [3.63, 3.8) is 0 Å². The number of thiocyanates is 1. The molecule has 3 heteroatoms. The lowest BCUT2D eigenvalue weighted by molar-refractivity contribution is 1.57. The zero-order valence-electron chi connectivity index (χ0n) is 6.20. The fourth-order valence-corrected chi connectivity index (χ4v) is 1.59. The summed E-state index contributed by atoms with van der Waals surface area (Å²) in [5.74, 6) is 0. The van der Waals surface area contributed by atoms with Crippen molar-refractivity contribution < 1.29 is 0 Å². The molecular formula is C9H6INS. The van der Waals surface area contributed by atoms with Gasteiger partial charge in [0.25, 0.3) is 0 Å². The van der Waals surface area contributed by atoms with Gasteiger partial charge in [0.15, 0.2) is 0 Å². The van der Waals surface area contributed by atoms with Crippen LogP contribution >= 0.6 is 34.4 Å². The van der Waals surface area contributed by atoms with Crippen molar-refractivity contribution >= 4 is 40.4 Å². The van der Waals surface area contributed by atoms with E-state index >= 15 is 0 Å². The molecular weight excluding hydrogens is 281 g/mol. The number of hydrogen-bond donors (Lipinski definition) is 0. The van der Waals surface area contributed by atoms with Gasteiger partial charge < -0.3 is 0 Å². The highest BCUT2D eigenvalue weighted by atomic mass is 127. The number of thioether (sulfide) groups is 1. The molecule has 1 aromatic carbocycles. The van der Waals surface area contributed by atoms with E-state index in [4.69, 9.17) is 5.26 Å². The third-order valence-electron chi connectivity index (χ3n) is 1.27. The van der Waals surface area contributed by atoms with E-state index in [0.717, 1.165) is 17.3 Å². The molecule has 0 aliphatic carbocycles. The summed E-state index contributed by atoms with van der Waals surface area (Å²) in [6.45, 7) is 0. The molecule has 0 aliphatic rings. The molecule has 12 heavy (non-hydrogen) atoms. The van der Waals surface area contributed by atoms with E-state index in [0.29, 0.717) is 0 Å². The Labute approximate surface area is 89.6 Å². The van der Waals surface area contributed by atoms with Gasteiger partial charge in [0.05, 0.1) is 0 Å². The van der Waals surface area contributed by atoms with Gasteiger partial charge in [0, 0.05) is 3.57 Å². The Morgan fingerprint density at radius 1 is 1.42 bits per heavy atom. The molecule has 0 spiro atoms. The number of nitriles is 1. The van der Waals surface area contributed by atoms with E-state index in [1.807, 2.05) is 35.7 Å². The number of hydrogen-bond acceptors (Lipinski definition) is 2. The first kappa shape index (κ1) is 9.62. The van der Waals surface area contributed by atoms with Crippen LogP contribution in [0, 0.1) is 14.2 Å². The maximum atomic E-state index is 8.27. The molecule has 0 aromatic heterocycles. The van der Waals surface area contributed by atoms with Crippen LogP contribution in [0.3, 0.4) is 0 Å². The van der Waals surface area contributed by atoms with E-state index in [-0.39, 0.29) is 0 Å². The lowest BCUT2D eigenvalue weighted by Crippen LogP contribution is -1.75. The van der Waals surface area contributed by atoms with Crippen LogP contribution in [0.1, 0.15) is 5.56 Å². The van der Waals surface area contributed by atoms with Crippen molar-refractivity contribution in [1.82, 2.24) is 0 Å². The van der Waals surface area contributed by atoms with Gasteiger partial charge in [-0.3, -0.25) is 0 Å². The number of nitrogens with zero attached hydrogens (tertiary/aromatic N) is 1. The van der Waals surface area contributed by atoms with Gasteiger partial charge in [-0.15, -0.1) is 0 Å². The Morgan fingerprint density at radius 2 is 2.17 bits per heavy atom. The van der Waals surface area contributed by atoms with E-state index in [2.05, 4.69) is 22.6 Å². The SMILES string of the molecule is N#CS/C=C\c1ccccc1I. The quantitative estimate of drug-likeness (QED) is 0.614. The van der Waals surface area contributed by atoms with E-state index < -0.39 is 0 Å². The molecule has 0 saturated carbocycles. The Kier molecular flexibility index (Phi) is 4.19. The molecule has 1 aromatic rings. The summed E-state index contributed by atoms with van der Waals surface area (Å²) < 4.78 is 1.20. The average molecular weight is 287 g/mol. The van der Waals surface area contributed by atoms with Gasteiger partial charge in [-0.25, -0.2) is 0 Å². The molecule has 0 amide bonds. The second-order valence-electron chi connectivity index (χ2n) is 2.03. The van der Waals surface area contributed by atoms with Crippen molar-refractivity contribution in [3.05, 3.63) is 38.8 Å². The first-order chi connectivity index (χ1) is 5.84. The molecule has 0 N–H and O–H groups in total. The lowest BCUT2D eigenvalue weighted by atomic mass is 10.2. The Morgan fingerprint density at radius 3 is 2.83 bits per heavy atom. The minimum Gasteiger partial charge on any atom is -0.185 e. The van der Waals surface area contributed by atoms with Crippen molar-refractivity contribution in [2.24, 2.45) is 0 Å². The smallest absolute Gasteiger partial charge is 0.137 e. The fraction of sp³-hybridized carbons (Fsp3) is 0. The first-order valence-corrected chi connectivity index (χ1v) is 5.26. The van der Waals surface area contributed by atoms with Crippen molar-refractivity contribution in [2.75, 3.05) is 0 Å². The summed E-state index contributed by atoms with van der Waals surface area (Å²) in [6, 6.07) is 8.04. The lowest BCUT2D eigenvalue weighted by Gasteiger charge is -1.94. The van der Waals surface area contributed by atoms with Gasteiger partial charge in [-0.05, 0) is 57.5 Å². The summed E-state index contributed by atoms with van der Waals surface area (Å²) in [4.78, 5) is 0. The average Bonchev–Trinajstić information content (AvgIpc) is 2.09. The van der Waals surface area contributed by atoms with Crippen LogP contribution < -0.4 is 0 Å². The molecule has 0 heterocycles. The summed E-state index contributed by atoms with van der Waals surface area (Å²) in [7, 11) is 0. The molecule has 1 rings (SSSR count). The van der Waals surface area contributed by atoms with Crippen LogP contribution in [-0.4, -0.2) is 0 Å². The van der Waals surface area contributed by atoms with Crippen molar-refractivity contribution in [1.29, 1.82) is 5.26 Å². The summed E-state index contributed by atoms with van der Waals surface area (Å²) >= 11 is 3.40. The van der Waals surface area contributed by atoms with Crippen LogP contribution in [0.15, 0.2) is 29.7 Å². The molecule has 0 bridgehead atoms. The molecule has 1 nitrogen and oxygen atoms in total. The minimum absolute atomic E-state index is 1.13. The summed E-state index contributed by atoms with van der Waals surface area (Å²) in [5, 5.41) is 12.0. The molecule has 0 fully saturated rings. The minimum atomic E-state index is 1.13. The third-order valence-corrected chi connectivity index (χ3v) is 2.63. The Bertz CT molecular complexity index is 328. The normalized spacial score (nSPS) is 10.0. The highest BCUT2D eigenvalue weighted by molar-refractivity contribution is 14.1. The Balaban J connectivity index is 2.77. The van der Waals surface area contributed by atoms with Gasteiger partial charge in [-0.2, -0.15) is 5.26 Å². The maximum absolute atomic E-state index is 8.27. The van der Waals surface area contributed by atoms with Gasteiger partial charge in [0.2, 0.25) is 0 Å². The second kappa shape index (κ2) is 5.22. The van der Waals surface area contributed by atoms with Crippen molar-refractivity contribution in [2.45, 2.75) is 0 Å². The van der Waals surface area contributed by atoms with Crippen molar-refractivity contribution in [3.8, 4) is 5.40 Å². The van der Waals surface area contributed by atoms with Crippen LogP contribution in [-0.2, 0) is 0 Å². The molecule has 0 unspecified atom stereocenters. The third kappa shape index (κ3) is 2.88. The van der Waals surface area contributed by atoms with Crippen LogP contribution in [0.4, 0.5) is 0 Å². The number of halogens is 1. The zero-order valence-corrected chi connectivity index (χ0v) is 9.17. The Hall–Kier alpha value is -0.470. The zero-order chi connectivity index (χ0) is 8.81. The summed E-state index contributed by atoms with van der Waals surface area (Å²) in [5.41, 5.74) is 1.15. The predicted molar refractivity (Wildman–Crippen MR) is 61.4 cm³/mol. The van der Waals surface area contributed by atoms with E-state index in [9.17, 15) is 0 Å². The monoisotopic (exact) mass is 287 g/mol. The standard InChI is InChI=1S/C9H6INS/c10-9-4-2-1-3-8(9)5-6-12-7-11/h1-6H/b6-5-. The van der Waals surface area contributed by atoms with Gasteiger partial charge in [-0.1, -0.05) is 18.2 Å². The highest BCUT2D eigenvalue weighted by Crippen LogP contribution is 2.14. The molecule has 0 radical (unpaired) electrons. The number of rotatable bonds is 2. The van der Waals surface area contributed by atoms with E-state index in [1.54, 1.807) is 5.41 Å². The maximum Gasteiger partial charge on any atom is 0.137 e. The predicted octanol–water partition coefficient (Wildman–Crippen LogP) is 3.48. The fourth-order valence-electron chi connectivity index (χ4n) is 0.748. The topological polar surface area (TPSA) is 23.8 Å².